The molecule has 8 nitrogen and oxygen atoms in total. The Labute approximate surface area is 219 Å². The first-order valence-electron chi connectivity index (χ1n) is 12.4. The van der Waals surface area contributed by atoms with Gasteiger partial charge in [-0.15, -0.1) is 0 Å². The second kappa shape index (κ2) is 10.5. The van der Waals surface area contributed by atoms with Crippen LogP contribution in [0, 0.1) is 0 Å². The van der Waals surface area contributed by atoms with E-state index in [1.807, 2.05) is 12.1 Å². The van der Waals surface area contributed by atoms with E-state index in [1.54, 1.807) is 18.3 Å². The van der Waals surface area contributed by atoms with Gasteiger partial charge in [-0.2, -0.15) is 17.5 Å². The van der Waals surface area contributed by atoms with Crippen LogP contribution in [0.4, 0.5) is 24.8 Å². The lowest BCUT2D eigenvalue weighted by molar-refractivity contribution is -0.137. The molecule has 1 aliphatic carbocycles. The van der Waals surface area contributed by atoms with Crippen LogP contribution in [-0.2, 0) is 16.2 Å². The van der Waals surface area contributed by atoms with Crippen LogP contribution in [0.3, 0.4) is 0 Å². The van der Waals surface area contributed by atoms with Crippen LogP contribution in [0.25, 0.3) is 11.1 Å². The van der Waals surface area contributed by atoms with E-state index in [-0.39, 0.29) is 30.2 Å². The van der Waals surface area contributed by atoms with E-state index in [0.29, 0.717) is 12.2 Å². The lowest BCUT2D eigenvalue weighted by Gasteiger charge is -2.35. The summed E-state index contributed by atoms with van der Waals surface area (Å²) in [6, 6.07) is 12.4. The number of rotatable bonds is 7. The molecule has 2 atom stereocenters. The SMILES string of the molecule is O=S(=O)(c1ccc(-c2ccc(NC3CCC3)nc2)cc1)N1CC[C@@H](Nc2ccc(C(F)(F)F)cn2)[C@@H](O)C1. The number of nitrogens with one attached hydrogen (secondary N) is 2. The minimum absolute atomic E-state index is 0.112. The predicted octanol–water partition coefficient (Wildman–Crippen LogP) is 4.36. The monoisotopic (exact) mass is 547 g/mol. The summed E-state index contributed by atoms with van der Waals surface area (Å²) in [7, 11) is -3.85. The van der Waals surface area contributed by atoms with E-state index in [0.717, 1.165) is 35.9 Å². The molecule has 0 radical (unpaired) electrons. The molecule has 38 heavy (non-hydrogen) atoms. The van der Waals surface area contributed by atoms with Crippen molar-refractivity contribution in [3.05, 3.63) is 66.5 Å². The molecule has 1 saturated heterocycles. The zero-order valence-corrected chi connectivity index (χ0v) is 21.2. The average Bonchev–Trinajstić information content (AvgIpc) is 2.87. The van der Waals surface area contributed by atoms with Crippen molar-refractivity contribution in [1.82, 2.24) is 14.3 Å². The zero-order valence-electron chi connectivity index (χ0n) is 20.4. The number of alkyl halides is 3. The van der Waals surface area contributed by atoms with E-state index in [9.17, 15) is 26.7 Å². The molecular formula is C26H28F3N5O3S. The molecule has 2 fully saturated rings. The summed E-state index contributed by atoms with van der Waals surface area (Å²) in [6.07, 6.45) is 0.713. The zero-order chi connectivity index (χ0) is 26.9. The first-order chi connectivity index (χ1) is 18.1. The van der Waals surface area contributed by atoms with E-state index in [1.165, 1.54) is 28.9 Å². The Bertz CT molecular complexity index is 1350. The van der Waals surface area contributed by atoms with Crippen LogP contribution in [0.5, 0.6) is 0 Å². The van der Waals surface area contributed by atoms with E-state index in [4.69, 9.17) is 0 Å². The van der Waals surface area contributed by atoms with Gasteiger partial charge in [-0.05, 0) is 67.6 Å². The second-order valence-corrected chi connectivity index (χ2v) is 11.6. The summed E-state index contributed by atoms with van der Waals surface area (Å²) in [5.74, 6) is 0.999. The molecule has 202 valence electrons. The second-order valence-electron chi connectivity index (χ2n) is 9.63. The maximum atomic E-state index is 13.2. The first-order valence-corrected chi connectivity index (χ1v) is 13.8. The van der Waals surface area contributed by atoms with Gasteiger partial charge in [0.25, 0.3) is 0 Å². The van der Waals surface area contributed by atoms with Crippen LogP contribution in [-0.4, -0.2) is 59.1 Å². The quantitative estimate of drug-likeness (QED) is 0.403. The van der Waals surface area contributed by atoms with Gasteiger partial charge >= 0.3 is 6.18 Å². The number of hydrogen-bond acceptors (Lipinski definition) is 7. The fourth-order valence-electron chi connectivity index (χ4n) is 4.51. The molecule has 3 N–H and O–H groups in total. The van der Waals surface area contributed by atoms with Gasteiger partial charge in [0.05, 0.1) is 22.6 Å². The summed E-state index contributed by atoms with van der Waals surface area (Å²) >= 11 is 0. The summed E-state index contributed by atoms with van der Waals surface area (Å²) < 4.78 is 65.9. The number of nitrogens with zero attached hydrogens (tertiary/aromatic N) is 3. The van der Waals surface area contributed by atoms with Crippen LogP contribution in [0.15, 0.2) is 65.8 Å². The van der Waals surface area contributed by atoms with Gasteiger partial charge in [-0.1, -0.05) is 12.1 Å². The molecule has 5 rings (SSSR count). The number of sulfonamides is 1. The number of pyridine rings is 2. The van der Waals surface area contributed by atoms with Crippen LogP contribution in [0.2, 0.25) is 0 Å². The predicted molar refractivity (Wildman–Crippen MR) is 137 cm³/mol. The number of anilines is 2. The molecule has 0 bridgehead atoms. The molecule has 0 amide bonds. The number of aliphatic hydroxyl groups excluding tert-OH is 1. The molecule has 12 heteroatoms. The number of benzene rings is 1. The molecule has 0 unspecified atom stereocenters. The normalized spacial score (nSPS) is 21.1. The number of aliphatic hydroxyl groups is 1. The molecular weight excluding hydrogens is 519 g/mol. The van der Waals surface area contributed by atoms with Gasteiger partial charge < -0.3 is 15.7 Å². The van der Waals surface area contributed by atoms with E-state index in [2.05, 4.69) is 20.6 Å². The van der Waals surface area contributed by atoms with Crippen LogP contribution < -0.4 is 10.6 Å². The number of aromatic nitrogens is 2. The maximum Gasteiger partial charge on any atom is 0.417 e. The first kappa shape index (κ1) is 26.4. The van der Waals surface area contributed by atoms with Crippen molar-refractivity contribution in [3.63, 3.8) is 0 Å². The van der Waals surface area contributed by atoms with Crippen molar-refractivity contribution in [3.8, 4) is 11.1 Å². The summed E-state index contributed by atoms with van der Waals surface area (Å²) in [6.45, 7) is -0.0133. The Hall–Kier alpha value is -3.22. The highest BCUT2D eigenvalue weighted by Gasteiger charge is 2.35. The smallest absolute Gasteiger partial charge is 0.390 e. The topological polar surface area (TPSA) is 107 Å². The Morgan fingerprint density at radius 2 is 1.53 bits per heavy atom. The molecule has 2 aliphatic rings. The summed E-state index contributed by atoms with van der Waals surface area (Å²) in [5, 5.41) is 16.9. The Morgan fingerprint density at radius 3 is 2.08 bits per heavy atom. The van der Waals surface area contributed by atoms with Crippen LogP contribution >= 0.6 is 0 Å². The van der Waals surface area contributed by atoms with Gasteiger partial charge in [-0.25, -0.2) is 18.4 Å². The average molecular weight is 548 g/mol. The fraction of sp³-hybridized carbons (Fsp3) is 0.385. The number of hydrogen-bond donors (Lipinski definition) is 3. The Morgan fingerprint density at radius 1 is 0.868 bits per heavy atom. The molecule has 2 aromatic heterocycles. The van der Waals surface area contributed by atoms with Crippen LogP contribution in [0.1, 0.15) is 31.2 Å². The van der Waals surface area contributed by atoms with E-state index < -0.39 is 33.9 Å². The minimum atomic E-state index is -4.49. The van der Waals surface area contributed by atoms with E-state index >= 15 is 0 Å². The fourth-order valence-corrected chi connectivity index (χ4v) is 5.98. The molecule has 1 aromatic carbocycles. The lowest BCUT2D eigenvalue weighted by Crippen LogP contribution is -2.51. The standard InChI is InChI=1S/C26H28F3N5O3S/c27-26(28,29)19-7-11-25(31-15-19)33-22-12-13-34(16-23(22)35)38(36,37)21-8-4-17(5-9-21)18-6-10-24(30-14-18)32-20-2-1-3-20/h4-11,14-15,20,22-23,35H,1-3,12-13,16H2,(H,30,32)(H,31,33)/t22-,23+/m1/s1. The largest absolute Gasteiger partial charge is 0.417 e. The minimum Gasteiger partial charge on any atom is -0.390 e. The van der Waals surface area contributed by atoms with Gasteiger partial charge in [0.15, 0.2) is 0 Å². The number of β-amino-alcohol motifs (C(OH)–C–C–N with tert-alkyl or cyclic N) is 1. The number of piperidine rings is 1. The highest BCUT2D eigenvalue weighted by Crippen LogP contribution is 2.30. The van der Waals surface area contributed by atoms with Gasteiger partial charge in [-0.3, -0.25) is 0 Å². The molecule has 3 heterocycles. The molecule has 1 aliphatic heterocycles. The van der Waals surface area contributed by atoms with Crippen molar-refractivity contribution in [2.45, 2.75) is 54.9 Å². The van der Waals surface area contributed by atoms with Crippen molar-refractivity contribution < 1.29 is 26.7 Å². The maximum absolute atomic E-state index is 13.2. The third-order valence-electron chi connectivity index (χ3n) is 7.01. The van der Waals surface area contributed by atoms with Gasteiger partial charge in [0, 0.05) is 37.1 Å². The third-order valence-corrected chi connectivity index (χ3v) is 8.89. The lowest BCUT2D eigenvalue weighted by atomic mass is 9.93. The molecule has 3 aromatic rings. The Balaban J connectivity index is 1.20. The summed E-state index contributed by atoms with van der Waals surface area (Å²) in [4.78, 5) is 8.33. The van der Waals surface area contributed by atoms with Crippen molar-refractivity contribution in [2.24, 2.45) is 0 Å². The van der Waals surface area contributed by atoms with Gasteiger partial charge in [0.1, 0.15) is 11.6 Å². The molecule has 0 spiro atoms. The molecule has 1 saturated carbocycles. The van der Waals surface area contributed by atoms with Crippen molar-refractivity contribution >= 4 is 21.7 Å². The van der Waals surface area contributed by atoms with Crippen molar-refractivity contribution in [2.75, 3.05) is 23.7 Å². The Kier molecular flexibility index (Phi) is 7.30. The van der Waals surface area contributed by atoms with Crippen molar-refractivity contribution in [1.29, 1.82) is 0 Å². The highest BCUT2D eigenvalue weighted by atomic mass is 32.2. The summed E-state index contributed by atoms with van der Waals surface area (Å²) in [5.41, 5.74) is 0.829. The van der Waals surface area contributed by atoms with Gasteiger partial charge in [0.2, 0.25) is 10.0 Å². The third kappa shape index (κ3) is 5.77. The highest BCUT2D eigenvalue weighted by molar-refractivity contribution is 7.89. The number of halogens is 3.